The van der Waals surface area contributed by atoms with Crippen LogP contribution in [-0.2, 0) is 36.2 Å². The van der Waals surface area contributed by atoms with E-state index in [0.29, 0.717) is 0 Å². The van der Waals surface area contributed by atoms with Crippen LogP contribution in [0, 0.1) is 0 Å². The molecule has 6 heteroatoms. The molecule has 0 fully saturated rings. The third-order valence-corrected chi connectivity index (χ3v) is 8.54. The van der Waals surface area contributed by atoms with Gasteiger partial charge in [0.25, 0.3) is 0 Å². The van der Waals surface area contributed by atoms with Crippen LogP contribution < -0.4 is 24.8 Å². The van der Waals surface area contributed by atoms with Crippen molar-refractivity contribution < 1.29 is 48.1 Å². The molecular formula is C44H42Cl2N2SiZr-2. The van der Waals surface area contributed by atoms with E-state index >= 15 is 0 Å². The molecule has 2 aromatic heterocycles. The Kier molecular flexibility index (Phi) is 14.8. The number of aromatic nitrogens is 2. The van der Waals surface area contributed by atoms with Crippen molar-refractivity contribution in [1.29, 1.82) is 0 Å². The van der Waals surface area contributed by atoms with Gasteiger partial charge in [-0.25, -0.2) is 0 Å². The molecule has 2 nitrogen and oxygen atoms in total. The zero-order valence-corrected chi connectivity index (χ0v) is 34.2. The van der Waals surface area contributed by atoms with Crippen molar-refractivity contribution in [2.45, 2.75) is 52.6 Å². The van der Waals surface area contributed by atoms with Gasteiger partial charge in [0.1, 0.15) is 0 Å². The summed E-state index contributed by atoms with van der Waals surface area (Å²) in [6.07, 6.45) is 8.39. The van der Waals surface area contributed by atoms with Gasteiger partial charge in [-0.15, -0.1) is 69.1 Å². The summed E-state index contributed by atoms with van der Waals surface area (Å²) in [4.78, 5) is 9.21. The van der Waals surface area contributed by atoms with Crippen molar-refractivity contribution in [3.8, 4) is 22.3 Å². The zero-order valence-electron chi connectivity index (χ0n) is 29.2. The summed E-state index contributed by atoms with van der Waals surface area (Å²) >= 11 is 1.74. The molecule has 0 amide bonds. The van der Waals surface area contributed by atoms with E-state index in [4.69, 9.17) is 0 Å². The minimum absolute atomic E-state index is 0. The van der Waals surface area contributed by atoms with E-state index in [-0.39, 0.29) is 30.2 Å². The van der Waals surface area contributed by atoms with Crippen molar-refractivity contribution in [1.82, 2.24) is 9.97 Å². The molecule has 0 saturated carbocycles. The minimum atomic E-state index is 0. The number of para-hydroxylation sites is 2. The molecule has 2 heterocycles. The van der Waals surface area contributed by atoms with Gasteiger partial charge in [-0.2, -0.15) is 12.1 Å². The van der Waals surface area contributed by atoms with E-state index in [0.717, 1.165) is 23.9 Å². The van der Waals surface area contributed by atoms with E-state index in [1.165, 1.54) is 78.5 Å². The second-order valence-electron chi connectivity index (χ2n) is 12.6. The Bertz CT molecular complexity index is 2170. The number of hydrogen-bond donors (Lipinski definition) is 0. The monoisotopic (exact) mass is 786 g/mol. The quantitative estimate of drug-likeness (QED) is 0.147. The van der Waals surface area contributed by atoms with Gasteiger partial charge in [-0.05, 0) is 36.1 Å². The maximum atomic E-state index is 4.61. The SMILES string of the molecule is CCCc1cc2c(-c3cccc4cccnc34)cccc2[cH-]1.CCCc1cc2c(-c3cccc4cccnc34)cccc2[cH-]1.C[Si](C)=[Zr+2].[Cl-].[Cl-]. The predicted molar refractivity (Wildman–Crippen MR) is 206 cm³/mol. The van der Waals surface area contributed by atoms with Gasteiger partial charge < -0.3 is 24.8 Å². The fourth-order valence-corrected chi connectivity index (χ4v) is 6.57. The molecule has 0 unspecified atom stereocenters. The van der Waals surface area contributed by atoms with Crippen molar-refractivity contribution in [3.63, 3.8) is 0 Å². The Balaban J connectivity index is 0.000000196. The normalized spacial score (nSPS) is 10.5. The molecule has 0 aliphatic rings. The first kappa shape index (κ1) is 39.4. The Morgan fingerprint density at radius 3 is 1.30 bits per heavy atom. The Morgan fingerprint density at radius 1 is 0.540 bits per heavy atom. The second-order valence-corrected chi connectivity index (χ2v) is 22.0. The number of benzene rings is 4. The molecule has 0 atom stereocenters. The molecule has 8 aromatic rings. The topological polar surface area (TPSA) is 25.8 Å². The Hall–Kier alpha value is -3.40. The Morgan fingerprint density at radius 2 is 0.900 bits per heavy atom. The first-order valence-corrected chi connectivity index (χ1v) is 23.2. The fourth-order valence-electron chi connectivity index (χ4n) is 6.57. The van der Waals surface area contributed by atoms with E-state index in [9.17, 15) is 0 Å². The standard InChI is InChI=1S/2C21H18N.C2H6Si.2ClH.Zr/c2*1-2-6-15-13-17-8-4-10-18(20(17)14-15)19-11-3-7-16-9-5-12-22-21(16)19;1-3-2;;;/h2*3-5,7-14H,2,6H2,1H3;1-2H3;2*1H;/q2*-1;;;;+2/p-2. The summed E-state index contributed by atoms with van der Waals surface area (Å²) in [5, 5.41) is 7.71. The zero-order chi connectivity index (χ0) is 33.5. The fraction of sp³-hybridized carbons (Fsp3) is 0.182. The summed E-state index contributed by atoms with van der Waals surface area (Å²) in [6.45, 7) is 9.08. The maximum absolute atomic E-state index is 4.61. The summed E-state index contributed by atoms with van der Waals surface area (Å²) in [7, 11) is 0. The van der Waals surface area contributed by atoms with Crippen LogP contribution in [0.4, 0.5) is 0 Å². The predicted octanol–water partition coefficient (Wildman–Crippen LogP) is 6.25. The first-order valence-electron chi connectivity index (χ1n) is 17.0. The average molecular weight is 789 g/mol. The van der Waals surface area contributed by atoms with Gasteiger partial charge in [0.15, 0.2) is 0 Å². The molecule has 8 rings (SSSR count). The largest absolute Gasteiger partial charge is 1.00 e. The molecule has 0 N–H and O–H groups in total. The van der Waals surface area contributed by atoms with Crippen LogP contribution in [0.25, 0.3) is 65.6 Å². The van der Waals surface area contributed by atoms with Crippen molar-refractivity contribution in [2.24, 2.45) is 0 Å². The van der Waals surface area contributed by atoms with E-state index in [2.05, 4.69) is 146 Å². The smallest absolute Gasteiger partial charge is 1.00 e. The first-order chi connectivity index (χ1) is 23.5. The van der Waals surface area contributed by atoms with Gasteiger partial charge in [-0.3, -0.25) is 9.97 Å². The molecule has 6 aromatic carbocycles. The molecular weight excluding hydrogens is 747 g/mol. The molecule has 50 heavy (non-hydrogen) atoms. The molecule has 0 saturated heterocycles. The van der Waals surface area contributed by atoms with Gasteiger partial charge in [0.2, 0.25) is 0 Å². The van der Waals surface area contributed by atoms with Crippen LogP contribution >= 0.6 is 0 Å². The van der Waals surface area contributed by atoms with Crippen molar-refractivity contribution >= 4 is 48.8 Å². The number of rotatable bonds is 6. The number of fused-ring (bicyclic) bond motifs is 4. The number of halogens is 2. The van der Waals surface area contributed by atoms with E-state index in [1.54, 1.807) is 23.3 Å². The molecule has 0 aliphatic carbocycles. The Labute approximate surface area is 324 Å². The second kappa shape index (κ2) is 18.7. The van der Waals surface area contributed by atoms with E-state index < -0.39 is 0 Å². The van der Waals surface area contributed by atoms with E-state index in [1.807, 2.05) is 24.5 Å². The maximum Gasteiger partial charge on any atom is -1.00 e. The van der Waals surface area contributed by atoms with Gasteiger partial charge in [0, 0.05) is 23.2 Å². The van der Waals surface area contributed by atoms with Crippen LogP contribution in [0.3, 0.4) is 0 Å². The molecule has 252 valence electrons. The van der Waals surface area contributed by atoms with Gasteiger partial charge >= 0.3 is 41.9 Å². The van der Waals surface area contributed by atoms with Crippen molar-refractivity contribution in [3.05, 3.63) is 145 Å². The molecule has 0 bridgehead atoms. The molecule has 0 radical (unpaired) electrons. The summed E-state index contributed by atoms with van der Waals surface area (Å²) in [6, 6.07) is 43.5. The minimum Gasteiger partial charge on any atom is -1.00 e. The summed E-state index contributed by atoms with van der Waals surface area (Å²) in [5.74, 6) is 0. The van der Waals surface area contributed by atoms with Crippen LogP contribution in [-0.4, -0.2) is 15.4 Å². The van der Waals surface area contributed by atoms with Crippen LogP contribution in [0.1, 0.15) is 37.8 Å². The molecule has 0 aliphatic heterocycles. The van der Waals surface area contributed by atoms with Crippen LogP contribution in [0.2, 0.25) is 13.1 Å². The number of hydrogen-bond acceptors (Lipinski definition) is 2. The van der Waals surface area contributed by atoms with Crippen molar-refractivity contribution in [2.75, 3.05) is 0 Å². The third kappa shape index (κ3) is 9.09. The van der Waals surface area contributed by atoms with Crippen LogP contribution in [0.15, 0.2) is 134 Å². The summed E-state index contributed by atoms with van der Waals surface area (Å²) < 4.78 is 0. The third-order valence-electron chi connectivity index (χ3n) is 8.54. The van der Waals surface area contributed by atoms with Crippen LogP contribution in [0.5, 0.6) is 0 Å². The van der Waals surface area contributed by atoms with Gasteiger partial charge in [0.05, 0.1) is 11.0 Å². The number of aryl methyl sites for hydroxylation is 2. The average Bonchev–Trinajstić information content (AvgIpc) is 3.72. The number of nitrogens with zero attached hydrogens (tertiary/aromatic N) is 2. The van der Waals surface area contributed by atoms with Gasteiger partial charge in [-0.1, -0.05) is 98.5 Å². The number of pyridine rings is 2. The summed E-state index contributed by atoms with van der Waals surface area (Å²) in [5.41, 5.74) is 10.2. The molecule has 0 spiro atoms.